The molecule has 2 aromatic carbocycles. The minimum Gasteiger partial charge on any atom is -0.390 e. The Morgan fingerprint density at radius 1 is 0.909 bits per heavy atom. The first-order valence-electron chi connectivity index (χ1n) is 12.1. The molecule has 6 heteroatoms. The van der Waals surface area contributed by atoms with E-state index < -0.39 is 6.10 Å². The SMILES string of the molecule is N#Cc1ccc(CN2C[C@H](O)[C@H](Cc3ccccc3)N(CC3CC3)C(=O)N2CC2CC2)cc1. The van der Waals surface area contributed by atoms with Crippen LogP contribution in [0.5, 0.6) is 0 Å². The Morgan fingerprint density at radius 3 is 2.21 bits per heavy atom. The minimum atomic E-state index is -0.643. The van der Waals surface area contributed by atoms with Crippen LogP contribution >= 0.6 is 0 Å². The van der Waals surface area contributed by atoms with Crippen LogP contribution in [0.1, 0.15) is 42.4 Å². The first-order valence-corrected chi connectivity index (χ1v) is 12.1. The van der Waals surface area contributed by atoms with Crippen molar-refractivity contribution in [2.75, 3.05) is 19.6 Å². The average molecular weight is 445 g/mol. The van der Waals surface area contributed by atoms with E-state index in [1.807, 2.05) is 57.4 Å². The second kappa shape index (κ2) is 9.54. The summed E-state index contributed by atoms with van der Waals surface area (Å²) in [6.07, 6.45) is 4.66. The van der Waals surface area contributed by atoms with Gasteiger partial charge >= 0.3 is 6.03 Å². The summed E-state index contributed by atoms with van der Waals surface area (Å²) >= 11 is 0. The molecule has 0 radical (unpaired) electrons. The molecule has 0 bridgehead atoms. The number of hydrogen-bond acceptors (Lipinski definition) is 4. The van der Waals surface area contributed by atoms with E-state index in [9.17, 15) is 9.90 Å². The molecule has 2 aromatic rings. The summed E-state index contributed by atoms with van der Waals surface area (Å²) in [6.45, 7) is 2.38. The van der Waals surface area contributed by atoms with Gasteiger partial charge in [-0.15, -0.1) is 0 Å². The van der Waals surface area contributed by atoms with Crippen molar-refractivity contribution in [3.8, 4) is 6.07 Å². The van der Waals surface area contributed by atoms with Crippen LogP contribution in [0.25, 0.3) is 0 Å². The van der Waals surface area contributed by atoms with Gasteiger partial charge in [-0.05, 0) is 67.2 Å². The lowest BCUT2D eigenvalue weighted by Gasteiger charge is -2.36. The molecule has 0 unspecified atom stereocenters. The molecule has 6 nitrogen and oxygen atoms in total. The van der Waals surface area contributed by atoms with Crippen LogP contribution in [-0.2, 0) is 13.0 Å². The minimum absolute atomic E-state index is 0.0277. The number of amides is 2. The summed E-state index contributed by atoms with van der Waals surface area (Å²) in [7, 11) is 0. The third-order valence-corrected chi connectivity index (χ3v) is 7.07. The Labute approximate surface area is 196 Å². The Kier molecular flexibility index (Phi) is 6.34. The molecule has 1 heterocycles. The number of β-amino-alcohol motifs (C(OH)–C–C–N with tert-alkyl or cyclic N) is 1. The second-order valence-corrected chi connectivity index (χ2v) is 9.88. The molecule has 2 amide bonds. The molecule has 1 saturated heterocycles. The van der Waals surface area contributed by atoms with Gasteiger partial charge in [0.05, 0.1) is 23.8 Å². The van der Waals surface area contributed by atoms with E-state index in [1.165, 1.54) is 0 Å². The topological polar surface area (TPSA) is 70.8 Å². The Balaban J connectivity index is 1.43. The number of aliphatic hydroxyl groups excluding tert-OH is 1. The maximum absolute atomic E-state index is 14.0. The van der Waals surface area contributed by atoms with Crippen LogP contribution in [0, 0.1) is 23.2 Å². The molecule has 0 aromatic heterocycles. The van der Waals surface area contributed by atoms with E-state index in [1.54, 1.807) is 0 Å². The van der Waals surface area contributed by atoms with E-state index in [0.29, 0.717) is 43.5 Å². The van der Waals surface area contributed by atoms with Crippen molar-refractivity contribution in [2.45, 2.75) is 50.8 Å². The number of carbonyl (C=O) groups is 1. The summed E-state index contributed by atoms with van der Waals surface area (Å²) in [6, 6.07) is 19.6. The zero-order valence-electron chi connectivity index (χ0n) is 19.0. The van der Waals surface area contributed by atoms with Crippen molar-refractivity contribution in [2.24, 2.45) is 11.8 Å². The van der Waals surface area contributed by atoms with Gasteiger partial charge in [0, 0.05) is 26.2 Å². The fourth-order valence-electron chi connectivity index (χ4n) is 4.73. The van der Waals surface area contributed by atoms with E-state index in [-0.39, 0.29) is 12.1 Å². The highest BCUT2D eigenvalue weighted by Gasteiger charge is 2.43. The lowest BCUT2D eigenvalue weighted by molar-refractivity contribution is -0.0184. The van der Waals surface area contributed by atoms with Crippen LogP contribution in [0.4, 0.5) is 4.79 Å². The van der Waals surface area contributed by atoms with Crippen molar-refractivity contribution in [3.63, 3.8) is 0 Å². The van der Waals surface area contributed by atoms with Gasteiger partial charge in [0.2, 0.25) is 0 Å². The lowest BCUT2D eigenvalue weighted by Crippen LogP contribution is -2.52. The van der Waals surface area contributed by atoms with E-state index in [4.69, 9.17) is 5.26 Å². The maximum atomic E-state index is 14.0. The number of benzene rings is 2. The summed E-state index contributed by atoms with van der Waals surface area (Å²) in [5.41, 5.74) is 2.80. The van der Waals surface area contributed by atoms with Crippen molar-refractivity contribution >= 4 is 6.03 Å². The van der Waals surface area contributed by atoms with Crippen LogP contribution in [0.2, 0.25) is 0 Å². The number of urea groups is 1. The largest absolute Gasteiger partial charge is 0.390 e. The maximum Gasteiger partial charge on any atom is 0.334 e. The zero-order chi connectivity index (χ0) is 22.8. The number of carbonyl (C=O) groups excluding carboxylic acids is 1. The van der Waals surface area contributed by atoms with Crippen molar-refractivity contribution < 1.29 is 9.90 Å². The molecule has 5 rings (SSSR count). The van der Waals surface area contributed by atoms with Crippen molar-refractivity contribution in [3.05, 3.63) is 71.3 Å². The third-order valence-electron chi connectivity index (χ3n) is 7.07. The summed E-state index contributed by atoms with van der Waals surface area (Å²) in [5, 5.41) is 24.5. The van der Waals surface area contributed by atoms with Crippen LogP contribution in [-0.4, -0.2) is 57.8 Å². The molecule has 3 fully saturated rings. The first-order chi connectivity index (χ1) is 16.1. The zero-order valence-corrected chi connectivity index (χ0v) is 19.0. The van der Waals surface area contributed by atoms with E-state index in [0.717, 1.165) is 43.4 Å². The smallest absolute Gasteiger partial charge is 0.334 e. The number of hydrazine groups is 1. The van der Waals surface area contributed by atoms with Gasteiger partial charge in [-0.1, -0.05) is 42.5 Å². The molecule has 1 aliphatic heterocycles. The van der Waals surface area contributed by atoms with Crippen LogP contribution in [0.3, 0.4) is 0 Å². The van der Waals surface area contributed by atoms with Gasteiger partial charge in [-0.3, -0.25) is 5.01 Å². The molecular formula is C27H32N4O2. The average Bonchev–Trinajstić information content (AvgIpc) is 3.75. The first kappa shape index (κ1) is 21.9. The fraction of sp³-hybridized carbons (Fsp3) is 0.481. The Bertz CT molecular complexity index is 995. The van der Waals surface area contributed by atoms with Gasteiger partial charge in [0.25, 0.3) is 0 Å². The predicted molar refractivity (Wildman–Crippen MR) is 126 cm³/mol. The number of aliphatic hydroxyl groups is 1. The van der Waals surface area contributed by atoms with Crippen LogP contribution in [0.15, 0.2) is 54.6 Å². The highest BCUT2D eigenvalue weighted by molar-refractivity contribution is 5.75. The van der Waals surface area contributed by atoms with Crippen molar-refractivity contribution in [1.82, 2.24) is 14.9 Å². The number of nitriles is 1. The number of rotatable bonds is 8. The van der Waals surface area contributed by atoms with Gasteiger partial charge in [0.1, 0.15) is 0 Å². The lowest BCUT2D eigenvalue weighted by atomic mass is 9.99. The summed E-state index contributed by atoms with van der Waals surface area (Å²) in [5.74, 6) is 1.09. The molecular weight excluding hydrogens is 412 g/mol. The predicted octanol–water partition coefficient (Wildman–Crippen LogP) is 3.81. The number of nitrogens with zero attached hydrogens (tertiary/aromatic N) is 4. The quantitative estimate of drug-likeness (QED) is 0.672. The van der Waals surface area contributed by atoms with Crippen molar-refractivity contribution in [1.29, 1.82) is 5.26 Å². The molecule has 3 aliphatic rings. The van der Waals surface area contributed by atoms with Gasteiger partial charge in [-0.25, -0.2) is 9.80 Å². The van der Waals surface area contributed by atoms with E-state index in [2.05, 4.69) is 18.2 Å². The molecule has 2 saturated carbocycles. The van der Waals surface area contributed by atoms with E-state index >= 15 is 0 Å². The van der Waals surface area contributed by atoms with Crippen LogP contribution < -0.4 is 0 Å². The van der Waals surface area contributed by atoms with Gasteiger partial charge in [0.15, 0.2) is 0 Å². The molecule has 172 valence electrons. The molecule has 1 N–H and O–H groups in total. The molecule has 0 spiro atoms. The standard InChI is InChI=1S/C27H32N4O2/c28-15-21-6-8-22(9-7-21)16-29-19-26(32)25(14-20-4-2-1-3-5-20)30(17-23-10-11-23)27(33)31(29)18-24-12-13-24/h1-9,23-26,32H,10-14,16-19H2/t25-,26-/m0/s1. The third kappa shape index (κ3) is 5.38. The summed E-state index contributed by atoms with van der Waals surface area (Å²) < 4.78 is 0. The Morgan fingerprint density at radius 2 is 1.58 bits per heavy atom. The highest BCUT2D eigenvalue weighted by Crippen LogP contribution is 2.35. The molecule has 2 atom stereocenters. The Hall–Kier alpha value is -2.88. The normalized spacial score (nSPS) is 23.9. The molecule has 33 heavy (non-hydrogen) atoms. The van der Waals surface area contributed by atoms with Gasteiger partial charge < -0.3 is 10.0 Å². The molecule has 2 aliphatic carbocycles. The number of hydrogen-bond donors (Lipinski definition) is 1. The fourth-order valence-corrected chi connectivity index (χ4v) is 4.73. The second-order valence-electron chi connectivity index (χ2n) is 9.88. The van der Waals surface area contributed by atoms with Gasteiger partial charge in [-0.2, -0.15) is 5.26 Å². The highest BCUT2D eigenvalue weighted by atomic mass is 16.3. The monoisotopic (exact) mass is 444 g/mol. The summed E-state index contributed by atoms with van der Waals surface area (Å²) in [4.78, 5) is 15.9.